The van der Waals surface area contributed by atoms with Crippen molar-refractivity contribution in [1.29, 1.82) is 0 Å². The summed E-state index contributed by atoms with van der Waals surface area (Å²) in [5.41, 5.74) is -1.10. The van der Waals surface area contributed by atoms with Crippen molar-refractivity contribution in [2.24, 2.45) is 0 Å². The van der Waals surface area contributed by atoms with Crippen molar-refractivity contribution in [2.45, 2.75) is 84.4 Å². The van der Waals surface area contributed by atoms with Crippen LogP contribution < -0.4 is 20.9 Å². The molecule has 1 aromatic carbocycles. The summed E-state index contributed by atoms with van der Waals surface area (Å²) in [6.45, 7) is 4.41. The van der Waals surface area contributed by atoms with Crippen molar-refractivity contribution in [3.05, 3.63) is 62.9 Å². The van der Waals surface area contributed by atoms with E-state index in [1.54, 1.807) is 18.2 Å². The fourth-order valence-electron chi connectivity index (χ4n) is 3.87. The van der Waals surface area contributed by atoms with Crippen LogP contribution >= 0.6 is 7.52 Å². The van der Waals surface area contributed by atoms with E-state index in [-0.39, 0.29) is 31.1 Å². The van der Waals surface area contributed by atoms with E-state index in [9.17, 15) is 28.1 Å². The third kappa shape index (κ3) is 13.3. The number of benzene rings is 1. The van der Waals surface area contributed by atoms with Crippen molar-refractivity contribution in [1.82, 2.24) is 14.6 Å². The van der Waals surface area contributed by atoms with Gasteiger partial charge in [-0.2, -0.15) is 0 Å². The standard InChI is InChI=1S/C29H43FN3O9P/c1-4-6-11-15-39-26(34)17-25(28(36)40-16-12-7-5-2)32-43(38,42-23-13-9-8-10-14-23)21-41-24(18-30)20-33-19-22(3)27(35)31-29(33)37/h8-10,13-14,19,24-25H,4-7,11-12,15-18,20-21H2,1-3H3,(H,32,38)(H,31,35,37)/t24-,25-,43?/m0/s1. The van der Waals surface area contributed by atoms with Crippen LogP contribution in [0.2, 0.25) is 0 Å². The summed E-state index contributed by atoms with van der Waals surface area (Å²) >= 11 is 0. The van der Waals surface area contributed by atoms with E-state index in [0.717, 1.165) is 30.3 Å². The fraction of sp³-hybridized carbons (Fsp3) is 0.586. The van der Waals surface area contributed by atoms with Gasteiger partial charge in [0.2, 0.25) is 0 Å². The molecule has 14 heteroatoms. The second kappa shape index (κ2) is 19.1. The van der Waals surface area contributed by atoms with Gasteiger partial charge in [0.05, 0.1) is 26.2 Å². The molecule has 43 heavy (non-hydrogen) atoms. The highest BCUT2D eigenvalue weighted by Crippen LogP contribution is 2.44. The zero-order valence-electron chi connectivity index (χ0n) is 25.1. The number of halogens is 1. The summed E-state index contributed by atoms with van der Waals surface area (Å²) in [6.07, 6.45) is 3.60. The Kier molecular flexibility index (Phi) is 15.9. The van der Waals surface area contributed by atoms with Gasteiger partial charge in [-0.15, -0.1) is 0 Å². The lowest BCUT2D eigenvalue weighted by atomic mass is 10.2. The van der Waals surface area contributed by atoms with Crippen molar-refractivity contribution in [2.75, 3.05) is 26.2 Å². The third-order valence-corrected chi connectivity index (χ3v) is 7.95. The molecule has 240 valence electrons. The van der Waals surface area contributed by atoms with E-state index >= 15 is 0 Å². The summed E-state index contributed by atoms with van der Waals surface area (Å²) in [6, 6.07) is 6.65. The number of unbranched alkanes of at least 4 members (excludes halogenated alkanes) is 4. The Labute approximate surface area is 250 Å². The zero-order valence-corrected chi connectivity index (χ0v) is 25.9. The monoisotopic (exact) mass is 627 g/mol. The van der Waals surface area contributed by atoms with Crippen LogP contribution in [0.25, 0.3) is 0 Å². The molecule has 2 N–H and O–H groups in total. The zero-order chi connectivity index (χ0) is 31.7. The molecule has 0 amide bonds. The molecule has 12 nitrogen and oxygen atoms in total. The first-order valence-corrected chi connectivity index (χ1v) is 16.3. The molecule has 1 heterocycles. The number of hydrogen-bond donors (Lipinski definition) is 2. The lowest BCUT2D eigenvalue weighted by Crippen LogP contribution is -2.41. The van der Waals surface area contributed by atoms with Gasteiger partial charge in [-0.25, -0.2) is 14.3 Å². The average molecular weight is 628 g/mol. The minimum atomic E-state index is -4.18. The Morgan fingerprint density at radius 1 is 1.02 bits per heavy atom. The number of nitrogens with zero attached hydrogens (tertiary/aromatic N) is 1. The molecule has 3 atom stereocenters. The lowest BCUT2D eigenvalue weighted by molar-refractivity contribution is -0.152. The van der Waals surface area contributed by atoms with Gasteiger partial charge in [-0.3, -0.25) is 28.5 Å². The van der Waals surface area contributed by atoms with E-state index in [0.29, 0.717) is 12.8 Å². The van der Waals surface area contributed by atoms with E-state index in [2.05, 4.69) is 10.1 Å². The Morgan fingerprint density at radius 2 is 1.67 bits per heavy atom. The number of nitrogens with one attached hydrogen (secondary N) is 2. The Morgan fingerprint density at radius 3 is 2.30 bits per heavy atom. The number of rotatable bonds is 21. The maximum Gasteiger partial charge on any atom is 0.342 e. The van der Waals surface area contributed by atoms with Gasteiger partial charge in [0.15, 0.2) is 0 Å². The van der Waals surface area contributed by atoms with Gasteiger partial charge in [0.1, 0.15) is 30.9 Å². The SMILES string of the molecule is CCCCCOC(=O)C[C@H](NP(=O)(CO[C@@H](CF)Cn1cc(C)c(=O)[nH]c1=O)Oc1ccccc1)C(=O)OCCCCC. The molecule has 0 fully saturated rings. The molecule has 1 unspecified atom stereocenters. The summed E-state index contributed by atoms with van der Waals surface area (Å²) in [5.74, 6) is -1.35. The summed E-state index contributed by atoms with van der Waals surface area (Å²) < 4.78 is 51.2. The first kappa shape index (κ1) is 35.9. The predicted octanol–water partition coefficient (Wildman–Crippen LogP) is 4.24. The number of para-hydroxylation sites is 1. The molecule has 0 saturated carbocycles. The maximum atomic E-state index is 14.1. The number of esters is 2. The average Bonchev–Trinajstić information content (AvgIpc) is 2.98. The first-order chi connectivity index (χ1) is 20.6. The molecule has 0 aliphatic rings. The van der Waals surface area contributed by atoms with Crippen LogP contribution in [0.4, 0.5) is 4.39 Å². The van der Waals surface area contributed by atoms with Crippen LogP contribution in [0.1, 0.15) is 64.4 Å². The van der Waals surface area contributed by atoms with E-state index < -0.39 is 62.3 Å². The van der Waals surface area contributed by atoms with E-state index in [1.807, 2.05) is 13.8 Å². The largest absolute Gasteiger partial charge is 0.466 e. The normalized spacial score (nSPS) is 14.0. The highest BCUT2D eigenvalue weighted by atomic mass is 31.2. The number of ether oxygens (including phenoxy) is 3. The van der Waals surface area contributed by atoms with Gasteiger partial charge in [-0.1, -0.05) is 57.7 Å². The van der Waals surface area contributed by atoms with E-state index in [1.165, 1.54) is 25.3 Å². The summed E-state index contributed by atoms with van der Waals surface area (Å²) in [5, 5.41) is 2.62. The molecule has 0 saturated heterocycles. The maximum absolute atomic E-state index is 14.1. The molecule has 2 rings (SSSR count). The number of aryl methyl sites for hydroxylation is 1. The molecular weight excluding hydrogens is 584 g/mol. The minimum Gasteiger partial charge on any atom is -0.466 e. The van der Waals surface area contributed by atoms with Crippen LogP contribution in [0.5, 0.6) is 5.75 Å². The highest BCUT2D eigenvalue weighted by molar-refractivity contribution is 7.57. The van der Waals surface area contributed by atoms with Gasteiger partial charge in [0, 0.05) is 11.8 Å². The third-order valence-electron chi connectivity index (χ3n) is 6.25. The molecule has 0 aliphatic heterocycles. The van der Waals surface area contributed by atoms with Crippen molar-refractivity contribution < 1.29 is 37.3 Å². The molecule has 1 aromatic heterocycles. The Balaban J connectivity index is 2.26. The molecule has 0 spiro atoms. The summed E-state index contributed by atoms with van der Waals surface area (Å²) in [4.78, 5) is 51.7. The van der Waals surface area contributed by atoms with Gasteiger partial charge in [-0.05, 0) is 31.9 Å². The van der Waals surface area contributed by atoms with Crippen molar-refractivity contribution in [3.63, 3.8) is 0 Å². The fourth-order valence-corrected chi connectivity index (χ4v) is 5.59. The van der Waals surface area contributed by atoms with Crippen LogP contribution in [0.15, 0.2) is 46.1 Å². The smallest absolute Gasteiger partial charge is 0.342 e. The highest BCUT2D eigenvalue weighted by Gasteiger charge is 2.36. The van der Waals surface area contributed by atoms with Crippen molar-refractivity contribution in [3.8, 4) is 5.75 Å². The number of hydrogen-bond acceptors (Lipinski definition) is 9. The van der Waals surface area contributed by atoms with Crippen LogP contribution in [0.3, 0.4) is 0 Å². The quantitative estimate of drug-likeness (QED) is 0.117. The molecule has 0 aliphatic carbocycles. The molecule has 0 radical (unpaired) electrons. The molecule has 0 bridgehead atoms. The first-order valence-electron chi connectivity index (χ1n) is 14.5. The number of H-pyrrole nitrogens is 1. The molecular formula is C29H43FN3O9P. The Bertz CT molecular complexity index is 1300. The topological polar surface area (TPSA) is 155 Å². The van der Waals surface area contributed by atoms with Gasteiger partial charge in [0.25, 0.3) is 5.56 Å². The van der Waals surface area contributed by atoms with Gasteiger partial charge >= 0.3 is 25.1 Å². The van der Waals surface area contributed by atoms with Gasteiger partial charge < -0.3 is 18.7 Å². The number of aromatic amines is 1. The Hall–Kier alpha value is -3.28. The number of carbonyl (C=O) groups excluding carboxylic acids is 2. The van der Waals surface area contributed by atoms with Crippen LogP contribution in [-0.2, 0) is 34.9 Å². The number of alkyl halides is 1. The minimum absolute atomic E-state index is 0.105. The van der Waals surface area contributed by atoms with Crippen LogP contribution in [0, 0.1) is 6.92 Å². The van der Waals surface area contributed by atoms with E-state index in [4.69, 9.17) is 18.7 Å². The van der Waals surface area contributed by atoms with Crippen molar-refractivity contribution >= 4 is 19.5 Å². The second-order valence-electron chi connectivity index (χ2n) is 10.1. The predicted molar refractivity (Wildman–Crippen MR) is 159 cm³/mol. The lowest BCUT2D eigenvalue weighted by Gasteiger charge is -2.26. The van der Waals surface area contributed by atoms with Crippen LogP contribution in [-0.4, -0.2) is 59.9 Å². The summed E-state index contributed by atoms with van der Waals surface area (Å²) in [7, 11) is -4.18. The molecule has 2 aromatic rings. The number of aromatic nitrogens is 2. The number of carbonyl (C=O) groups is 2. The second-order valence-corrected chi connectivity index (χ2v) is 12.1.